The number of hydrogen-bond acceptors (Lipinski definition) is 6. The molecule has 1 aromatic heterocycles. The lowest BCUT2D eigenvalue weighted by Gasteiger charge is -2.29. The second-order valence-electron chi connectivity index (χ2n) is 6.33. The number of amides is 1. The van der Waals surface area contributed by atoms with Crippen molar-refractivity contribution < 1.29 is 9.72 Å². The number of benzene rings is 1. The van der Waals surface area contributed by atoms with Crippen LogP contribution in [0.5, 0.6) is 0 Å². The number of nitrogens with two attached hydrogens (primary N) is 1. The Morgan fingerprint density at radius 2 is 2.17 bits per heavy atom. The Bertz CT molecular complexity index is 742. The van der Waals surface area contributed by atoms with Crippen LogP contribution in [0.3, 0.4) is 0 Å². The van der Waals surface area contributed by atoms with Crippen LogP contribution in [0.4, 0.5) is 5.69 Å². The molecule has 128 valence electrons. The van der Waals surface area contributed by atoms with Crippen molar-refractivity contribution in [2.75, 3.05) is 20.1 Å². The minimum Gasteiger partial charge on any atom is -0.341 e. The Kier molecular flexibility index (Phi) is 4.93. The smallest absolute Gasteiger partial charge is 0.295 e. The van der Waals surface area contributed by atoms with Crippen molar-refractivity contribution >= 4 is 11.6 Å². The first kappa shape index (κ1) is 17.5. The average molecular weight is 332 g/mol. The van der Waals surface area contributed by atoms with Crippen LogP contribution in [0.15, 0.2) is 30.9 Å². The lowest BCUT2D eigenvalue weighted by Crippen LogP contribution is -2.39. The molecule has 0 radical (unpaired) electrons. The number of aromatic nitrogens is 3. The van der Waals surface area contributed by atoms with Gasteiger partial charge >= 0.3 is 0 Å². The zero-order chi connectivity index (χ0) is 17.9. The van der Waals surface area contributed by atoms with E-state index < -0.39 is 4.92 Å². The van der Waals surface area contributed by atoms with Gasteiger partial charge in [-0.3, -0.25) is 14.9 Å². The van der Waals surface area contributed by atoms with E-state index in [9.17, 15) is 14.9 Å². The van der Waals surface area contributed by atoms with Gasteiger partial charge in [-0.05, 0) is 24.1 Å². The standard InChI is InChI=1S/C15H20N6O3/c1-15(2,7-16)8-19(3)14(22)11-4-5-12(13(6-11)21(23)24)20-10-17-9-18-20/h4-6,9-10H,7-8,16H2,1-3H3. The van der Waals surface area contributed by atoms with Crippen LogP contribution in [0.1, 0.15) is 24.2 Å². The summed E-state index contributed by atoms with van der Waals surface area (Å²) in [5.74, 6) is -0.301. The molecule has 0 atom stereocenters. The van der Waals surface area contributed by atoms with Gasteiger partial charge in [0, 0.05) is 25.2 Å². The lowest BCUT2D eigenvalue weighted by molar-refractivity contribution is -0.384. The van der Waals surface area contributed by atoms with E-state index in [0.29, 0.717) is 13.1 Å². The fourth-order valence-corrected chi connectivity index (χ4v) is 2.33. The normalized spacial score (nSPS) is 11.3. The first-order valence-electron chi connectivity index (χ1n) is 7.34. The average Bonchev–Trinajstić information content (AvgIpc) is 3.07. The zero-order valence-corrected chi connectivity index (χ0v) is 13.8. The fraction of sp³-hybridized carbons (Fsp3) is 0.400. The molecule has 0 saturated carbocycles. The molecule has 1 heterocycles. The Labute approximate surface area is 139 Å². The molecule has 2 rings (SSSR count). The molecule has 0 bridgehead atoms. The van der Waals surface area contributed by atoms with E-state index in [0.717, 1.165) is 0 Å². The minimum absolute atomic E-state index is 0.210. The van der Waals surface area contributed by atoms with Gasteiger partial charge in [0.05, 0.1) is 4.92 Å². The van der Waals surface area contributed by atoms with E-state index in [1.807, 2.05) is 13.8 Å². The summed E-state index contributed by atoms with van der Waals surface area (Å²) in [7, 11) is 1.65. The molecule has 24 heavy (non-hydrogen) atoms. The Morgan fingerprint density at radius 1 is 1.46 bits per heavy atom. The maximum absolute atomic E-state index is 12.5. The third-order valence-corrected chi connectivity index (χ3v) is 3.65. The molecule has 2 aromatic rings. The van der Waals surface area contributed by atoms with Crippen LogP contribution in [-0.2, 0) is 0 Å². The van der Waals surface area contributed by atoms with Crippen molar-refractivity contribution in [3.05, 3.63) is 46.5 Å². The van der Waals surface area contributed by atoms with E-state index >= 15 is 0 Å². The molecule has 0 aliphatic heterocycles. The summed E-state index contributed by atoms with van der Waals surface area (Å²) in [6.45, 7) is 4.77. The van der Waals surface area contributed by atoms with E-state index in [4.69, 9.17) is 5.73 Å². The van der Waals surface area contributed by atoms with Gasteiger partial charge in [0.25, 0.3) is 11.6 Å². The van der Waals surface area contributed by atoms with Gasteiger partial charge in [0.1, 0.15) is 18.3 Å². The van der Waals surface area contributed by atoms with Gasteiger partial charge in [0.15, 0.2) is 0 Å². The van der Waals surface area contributed by atoms with E-state index in [-0.39, 0.29) is 28.3 Å². The zero-order valence-electron chi connectivity index (χ0n) is 13.8. The largest absolute Gasteiger partial charge is 0.341 e. The lowest BCUT2D eigenvalue weighted by atomic mass is 9.93. The van der Waals surface area contributed by atoms with Gasteiger partial charge in [-0.15, -0.1) is 0 Å². The Hall–Kier alpha value is -2.81. The number of nitro benzene ring substituents is 1. The van der Waals surface area contributed by atoms with Crippen molar-refractivity contribution in [2.45, 2.75) is 13.8 Å². The number of carbonyl (C=O) groups excluding carboxylic acids is 1. The van der Waals surface area contributed by atoms with Crippen molar-refractivity contribution in [2.24, 2.45) is 11.1 Å². The molecule has 0 unspecified atom stereocenters. The number of hydrogen-bond donors (Lipinski definition) is 1. The number of carbonyl (C=O) groups is 1. The van der Waals surface area contributed by atoms with Crippen molar-refractivity contribution in [1.29, 1.82) is 0 Å². The summed E-state index contributed by atoms with van der Waals surface area (Å²) in [5, 5.41) is 15.2. The van der Waals surface area contributed by atoms with Gasteiger partial charge in [-0.25, -0.2) is 9.67 Å². The Balaban J connectivity index is 2.33. The summed E-state index contributed by atoms with van der Waals surface area (Å²) in [5.41, 5.74) is 5.73. The summed E-state index contributed by atoms with van der Waals surface area (Å²) in [6.07, 6.45) is 2.64. The van der Waals surface area contributed by atoms with Crippen LogP contribution in [0, 0.1) is 15.5 Å². The first-order chi connectivity index (χ1) is 11.2. The fourth-order valence-electron chi connectivity index (χ4n) is 2.33. The number of nitrogens with zero attached hydrogens (tertiary/aromatic N) is 5. The van der Waals surface area contributed by atoms with Crippen molar-refractivity contribution in [3.8, 4) is 5.69 Å². The maximum Gasteiger partial charge on any atom is 0.295 e. The first-order valence-corrected chi connectivity index (χ1v) is 7.34. The van der Waals surface area contributed by atoms with E-state index in [1.165, 1.54) is 40.4 Å². The second kappa shape index (κ2) is 6.75. The highest BCUT2D eigenvalue weighted by Crippen LogP contribution is 2.24. The summed E-state index contributed by atoms with van der Waals surface area (Å²) in [4.78, 5) is 28.6. The molecule has 0 fully saturated rings. The van der Waals surface area contributed by atoms with Crippen molar-refractivity contribution in [1.82, 2.24) is 19.7 Å². The minimum atomic E-state index is -0.544. The Morgan fingerprint density at radius 3 is 2.71 bits per heavy atom. The molecule has 9 nitrogen and oxygen atoms in total. The molecular formula is C15H20N6O3. The van der Waals surface area contributed by atoms with E-state index in [1.54, 1.807) is 7.05 Å². The number of rotatable bonds is 6. The number of nitro groups is 1. The molecular weight excluding hydrogens is 312 g/mol. The molecule has 1 aromatic carbocycles. The highest BCUT2D eigenvalue weighted by atomic mass is 16.6. The summed E-state index contributed by atoms with van der Waals surface area (Å²) < 4.78 is 1.29. The summed E-state index contributed by atoms with van der Waals surface area (Å²) in [6, 6.07) is 4.28. The second-order valence-corrected chi connectivity index (χ2v) is 6.33. The third kappa shape index (κ3) is 3.74. The quantitative estimate of drug-likeness (QED) is 0.627. The molecule has 0 aliphatic carbocycles. The SMILES string of the molecule is CN(CC(C)(C)CN)C(=O)c1ccc(-n2cncn2)c([N+](=O)[O-])c1. The predicted molar refractivity (Wildman–Crippen MR) is 87.8 cm³/mol. The van der Waals surface area contributed by atoms with Gasteiger partial charge < -0.3 is 10.6 Å². The predicted octanol–water partition coefficient (Wildman–Crippen LogP) is 1.23. The molecule has 1 amide bonds. The van der Waals surface area contributed by atoms with Crippen LogP contribution in [0.2, 0.25) is 0 Å². The van der Waals surface area contributed by atoms with Crippen LogP contribution in [0.25, 0.3) is 5.69 Å². The van der Waals surface area contributed by atoms with Crippen molar-refractivity contribution in [3.63, 3.8) is 0 Å². The molecule has 9 heteroatoms. The van der Waals surface area contributed by atoms with Crippen LogP contribution in [-0.4, -0.2) is 50.6 Å². The monoisotopic (exact) mass is 332 g/mol. The topological polar surface area (TPSA) is 120 Å². The van der Waals surface area contributed by atoms with E-state index in [2.05, 4.69) is 10.1 Å². The summed E-state index contributed by atoms with van der Waals surface area (Å²) >= 11 is 0. The molecule has 0 saturated heterocycles. The third-order valence-electron chi connectivity index (χ3n) is 3.65. The van der Waals surface area contributed by atoms with Crippen LogP contribution < -0.4 is 5.73 Å². The van der Waals surface area contributed by atoms with Gasteiger partial charge in [0.2, 0.25) is 0 Å². The highest BCUT2D eigenvalue weighted by Gasteiger charge is 2.24. The van der Waals surface area contributed by atoms with Gasteiger partial charge in [-0.1, -0.05) is 13.8 Å². The molecule has 2 N–H and O–H groups in total. The van der Waals surface area contributed by atoms with Crippen LogP contribution >= 0.6 is 0 Å². The molecule has 0 aliphatic rings. The maximum atomic E-state index is 12.5. The highest BCUT2D eigenvalue weighted by molar-refractivity contribution is 5.95. The van der Waals surface area contributed by atoms with Gasteiger partial charge in [-0.2, -0.15) is 5.10 Å². The molecule has 0 spiro atoms.